The molecule has 160 valence electrons. The van der Waals surface area contributed by atoms with Gasteiger partial charge in [0.25, 0.3) is 0 Å². The fourth-order valence-corrected chi connectivity index (χ4v) is 5.23. The van der Waals surface area contributed by atoms with Crippen molar-refractivity contribution in [1.82, 2.24) is 15.2 Å². The standard InChI is InChI=1S/C20H32N4O2.2ClH/c1-12-13(2)26-17(23-12)11-24-7-5-14(6-8-24)10-22-20(25)18-15-3-4-16(9-15)19(18)21;;/h14-16,18-19H,3-11,21H2,1-2H3,(H,22,25);2*1H. The Balaban J connectivity index is 0.00000140. The van der Waals surface area contributed by atoms with E-state index in [4.69, 9.17) is 10.2 Å². The number of fused-ring (bicyclic) bond motifs is 2. The number of hydrogen-bond donors (Lipinski definition) is 2. The first-order valence-corrected chi connectivity index (χ1v) is 10.2. The minimum atomic E-state index is 0. The molecule has 1 aromatic heterocycles. The number of nitrogens with two attached hydrogens (primary N) is 1. The number of rotatable bonds is 5. The Kier molecular flexibility index (Phi) is 8.20. The van der Waals surface area contributed by atoms with Crippen molar-refractivity contribution in [2.24, 2.45) is 29.4 Å². The molecule has 3 N–H and O–H groups in total. The summed E-state index contributed by atoms with van der Waals surface area (Å²) in [5.74, 6) is 3.68. The zero-order valence-corrected chi connectivity index (χ0v) is 18.5. The van der Waals surface area contributed by atoms with E-state index in [-0.39, 0.29) is 42.7 Å². The van der Waals surface area contributed by atoms with Crippen LogP contribution in [-0.4, -0.2) is 41.5 Å². The Morgan fingerprint density at radius 3 is 2.43 bits per heavy atom. The van der Waals surface area contributed by atoms with Gasteiger partial charge >= 0.3 is 0 Å². The fraction of sp³-hybridized carbons (Fsp3) is 0.800. The normalized spacial score (nSPS) is 30.0. The monoisotopic (exact) mass is 432 g/mol. The van der Waals surface area contributed by atoms with Crippen LogP contribution in [0.4, 0.5) is 0 Å². The summed E-state index contributed by atoms with van der Waals surface area (Å²) in [6, 6.07) is 0.0864. The first-order chi connectivity index (χ1) is 12.5. The van der Waals surface area contributed by atoms with Crippen molar-refractivity contribution in [3.8, 4) is 0 Å². The van der Waals surface area contributed by atoms with E-state index in [0.717, 1.165) is 62.8 Å². The maximum atomic E-state index is 12.6. The van der Waals surface area contributed by atoms with Crippen LogP contribution < -0.4 is 11.1 Å². The molecule has 2 heterocycles. The molecule has 1 aliphatic heterocycles. The van der Waals surface area contributed by atoms with Crippen molar-refractivity contribution in [3.05, 3.63) is 17.3 Å². The van der Waals surface area contributed by atoms with Gasteiger partial charge in [-0.3, -0.25) is 9.69 Å². The molecule has 4 unspecified atom stereocenters. The molecular weight excluding hydrogens is 399 g/mol. The van der Waals surface area contributed by atoms with Crippen molar-refractivity contribution in [2.45, 2.75) is 58.5 Å². The Morgan fingerprint density at radius 1 is 1.18 bits per heavy atom. The largest absolute Gasteiger partial charge is 0.444 e. The zero-order valence-electron chi connectivity index (χ0n) is 16.9. The molecule has 0 radical (unpaired) electrons. The third kappa shape index (κ3) is 4.84. The smallest absolute Gasteiger partial charge is 0.224 e. The van der Waals surface area contributed by atoms with Crippen LogP contribution in [0.25, 0.3) is 0 Å². The van der Waals surface area contributed by atoms with Crippen LogP contribution in [0.1, 0.15) is 49.4 Å². The minimum absolute atomic E-state index is 0. The number of carbonyl (C=O) groups excluding carboxylic acids is 1. The van der Waals surface area contributed by atoms with E-state index in [2.05, 4.69) is 15.2 Å². The summed E-state index contributed by atoms with van der Waals surface area (Å²) in [5, 5.41) is 3.22. The van der Waals surface area contributed by atoms with Crippen LogP contribution in [0.2, 0.25) is 0 Å². The molecule has 4 rings (SSSR count). The number of piperidine rings is 1. The Bertz CT molecular complexity index is 639. The first kappa shape index (κ1) is 23.5. The lowest BCUT2D eigenvalue weighted by Crippen LogP contribution is -2.47. The first-order valence-electron chi connectivity index (χ1n) is 10.2. The van der Waals surface area contributed by atoms with Gasteiger partial charge in [-0.1, -0.05) is 0 Å². The molecule has 0 spiro atoms. The van der Waals surface area contributed by atoms with Crippen LogP contribution in [-0.2, 0) is 11.3 Å². The van der Waals surface area contributed by atoms with Crippen LogP contribution >= 0.6 is 24.8 Å². The molecule has 1 amide bonds. The molecule has 3 aliphatic rings. The topological polar surface area (TPSA) is 84.4 Å². The molecule has 0 aromatic carbocycles. The van der Waals surface area contributed by atoms with E-state index in [0.29, 0.717) is 17.8 Å². The number of likely N-dealkylation sites (tertiary alicyclic amines) is 1. The van der Waals surface area contributed by atoms with Gasteiger partial charge < -0.3 is 15.5 Å². The van der Waals surface area contributed by atoms with Gasteiger partial charge in [-0.25, -0.2) is 4.98 Å². The molecule has 1 aromatic rings. The zero-order chi connectivity index (χ0) is 18.3. The van der Waals surface area contributed by atoms with E-state index >= 15 is 0 Å². The van der Waals surface area contributed by atoms with Gasteiger partial charge in [-0.05, 0) is 76.8 Å². The second kappa shape index (κ2) is 9.79. The summed E-state index contributed by atoms with van der Waals surface area (Å²) >= 11 is 0. The lowest BCUT2D eigenvalue weighted by molar-refractivity contribution is -0.127. The third-order valence-corrected chi connectivity index (χ3v) is 6.99. The van der Waals surface area contributed by atoms with Crippen molar-refractivity contribution in [1.29, 1.82) is 0 Å². The lowest BCUT2D eigenvalue weighted by atomic mass is 9.84. The quantitative estimate of drug-likeness (QED) is 0.746. The van der Waals surface area contributed by atoms with Crippen molar-refractivity contribution in [2.75, 3.05) is 19.6 Å². The molecule has 6 nitrogen and oxygen atoms in total. The van der Waals surface area contributed by atoms with Gasteiger partial charge in [0.05, 0.1) is 18.2 Å². The summed E-state index contributed by atoms with van der Waals surface area (Å²) < 4.78 is 5.69. The van der Waals surface area contributed by atoms with Crippen molar-refractivity contribution >= 4 is 30.7 Å². The van der Waals surface area contributed by atoms with E-state index in [1.54, 1.807) is 0 Å². The van der Waals surface area contributed by atoms with Crippen LogP contribution in [0.15, 0.2) is 4.42 Å². The van der Waals surface area contributed by atoms with Gasteiger partial charge in [0.15, 0.2) is 0 Å². The van der Waals surface area contributed by atoms with Gasteiger partial charge in [-0.2, -0.15) is 0 Å². The highest BCUT2D eigenvalue weighted by atomic mass is 35.5. The predicted molar refractivity (Wildman–Crippen MR) is 114 cm³/mol. The second-order valence-corrected chi connectivity index (χ2v) is 8.65. The summed E-state index contributed by atoms with van der Waals surface area (Å²) in [6.45, 7) is 7.60. The highest BCUT2D eigenvalue weighted by molar-refractivity contribution is 5.85. The minimum Gasteiger partial charge on any atom is -0.444 e. The average molecular weight is 433 g/mol. The summed E-state index contributed by atoms with van der Waals surface area (Å²) in [6.07, 6.45) is 5.80. The maximum absolute atomic E-state index is 12.6. The van der Waals surface area contributed by atoms with Crippen molar-refractivity contribution in [3.63, 3.8) is 0 Å². The van der Waals surface area contributed by atoms with E-state index in [1.807, 2.05) is 13.8 Å². The van der Waals surface area contributed by atoms with Crippen LogP contribution in [0.5, 0.6) is 0 Å². The molecule has 8 heteroatoms. The molecule has 2 saturated carbocycles. The molecule has 2 bridgehead atoms. The van der Waals surface area contributed by atoms with Crippen molar-refractivity contribution < 1.29 is 9.21 Å². The summed E-state index contributed by atoms with van der Waals surface area (Å²) in [7, 11) is 0. The van der Waals surface area contributed by atoms with Gasteiger partial charge in [0.2, 0.25) is 11.8 Å². The number of amides is 1. The molecule has 2 aliphatic carbocycles. The number of hydrogen-bond acceptors (Lipinski definition) is 5. The highest BCUT2D eigenvalue weighted by Gasteiger charge is 2.49. The van der Waals surface area contributed by atoms with E-state index in [9.17, 15) is 4.79 Å². The summed E-state index contributed by atoms with van der Waals surface area (Å²) in [4.78, 5) is 19.5. The number of oxazole rings is 1. The average Bonchev–Trinajstić information content (AvgIpc) is 3.29. The van der Waals surface area contributed by atoms with Crippen LogP contribution in [0.3, 0.4) is 0 Å². The molecule has 28 heavy (non-hydrogen) atoms. The molecular formula is C20H34Cl2N4O2. The van der Waals surface area contributed by atoms with E-state index < -0.39 is 0 Å². The molecule has 1 saturated heterocycles. The predicted octanol–water partition coefficient (Wildman–Crippen LogP) is 2.84. The number of halogens is 2. The highest BCUT2D eigenvalue weighted by Crippen LogP contribution is 2.47. The SMILES string of the molecule is Cc1nc(CN2CCC(CNC(=O)C3C4CCC(C4)C3N)CC2)oc1C.Cl.Cl. The number of carbonyl (C=O) groups is 1. The van der Waals surface area contributed by atoms with Gasteiger partial charge in [0, 0.05) is 12.6 Å². The number of nitrogens with zero attached hydrogens (tertiary/aromatic N) is 2. The van der Waals surface area contributed by atoms with Gasteiger partial charge in [0.1, 0.15) is 5.76 Å². The Labute approximate surface area is 180 Å². The maximum Gasteiger partial charge on any atom is 0.224 e. The number of aryl methyl sites for hydroxylation is 2. The Hall–Kier alpha value is -0.820. The number of aromatic nitrogens is 1. The molecule has 3 fully saturated rings. The fourth-order valence-electron chi connectivity index (χ4n) is 5.23. The second-order valence-electron chi connectivity index (χ2n) is 8.65. The van der Waals surface area contributed by atoms with Crippen LogP contribution in [0, 0.1) is 37.5 Å². The summed E-state index contributed by atoms with van der Waals surface area (Å²) in [5.41, 5.74) is 7.28. The Morgan fingerprint density at radius 2 is 1.86 bits per heavy atom. The number of nitrogens with one attached hydrogen (secondary N) is 1. The lowest BCUT2D eigenvalue weighted by Gasteiger charge is -2.32. The van der Waals surface area contributed by atoms with Gasteiger partial charge in [-0.15, -0.1) is 24.8 Å². The molecule has 4 atom stereocenters. The third-order valence-electron chi connectivity index (χ3n) is 6.99. The van der Waals surface area contributed by atoms with E-state index in [1.165, 1.54) is 12.8 Å².